The second kappa shape index (κ2) is 3.17. The third-order valence-electron chi connectivity index (χ3n) is 1.91. The quantitative estimate of drug-likeness (QED) is 0.646. The maximum Gasteiger partial charge on any atom is 0.0721 e. The number of aromatic nitrogens is 1. The van der Waals surface area contributed by atoms with E-state index in [1.54, 1.807) is 0 Å². The molecule has 0 aliphatic rings. The molecule has 0 fully saturated rings. The van der Waals surface area contributed by atoms with Crippen LogP contribution in [0.1, 0.15) is 5.69 Å². The zero-order valence-corrected chi connectivity index (χ0v) is 8.52. The maximum atomic E-state index is 5.93. The summed E-state index contributed by atoms with van der Waals surface area (Å²) < 4.78 is 0. The van der Waals surface area contributed by atoms with Crippen molar-refractivity contribution in [3.8, 4) is 0 Å². The number of rotatable bonds is 0. The van der Waals surface area contributed by atoms with Crippen LogP contribution in [0.5, 0.6) is 0 Å². The Morgan fingerprint density at radius 3 is 2.69 bits per heavy atom. The van der Waals surface area contributed by atoms with Crippen LogP contribution in [0.2, 0.25) is 10.0 Å². The molecular weight excluding hydrogens is 205 g/mol. The number of benzene rings is 1. The second-order valence-electron chi connectivity index (χ2n) is 2.89. The zero-order valence-electron chi connectivity index (χ0n) is 7.01. The molecule has 1 aromatic heterocycles. The van der Waals surface area contributed by atoms with Crippen molar-refractivity contribution >= 4 is 34.1 Å². The molecule has 2 rings (SSSR count). The molecule has 3 heteroatoms. The van der Waals surface area contributed by atoms with Crippen molar-refractivity contribution in [3.05, 3.63) is 40.0 Å². The lowest BCUT2D eigenvalue weighted by molar-refractivity contribution is 1.26. The Hall–Kier alpha value is -0.790. The van der Waals surface area contributed by atoms with E-state index >= 15 is 0 Å². The summed E-state index contributed by atoms with van der Waals surface area (Å²) in [7, 11) is 0. The Labute approximate surface area is 86.3 Å². The number of halogens is 2. The van der Waals surface area contributed by atoms with Gasteiger partial charge >= 0.3 is 0 Å². The predicted octanol–water partition coefficient (Wildman–Crippen LogP) is 3.85. The summed E-state index contributed by atoms with van der Waals surface area (Å²) in [4.78, 5) is 4.32. The van der Waals surface area contributed by atoms with Crippen molar-refractivity contribution in [3.63, 3.8) is 0 Å². The van der Waals surface area contributed by atoms with Gasteiger partial charge in [0.25, 0.3) is 0 Å². The van der Waals surface area contributed by atoms with E-state index in [2.05, 4.69) is 4.98 Å². The summed E-state index contributed by atoms with van der Waals surface area (Å²) in [6.07, 6.45) is 0. The van der Waals surface area contributed by atoms with Gasteiger partial charge in [-0.25, -0.2) is 0 Å². The van der Waals surface area contributed by atoms with E-state index in [0.29, 0.717) is 10.0 Å². The molecule has 0 atom stereocenters. The Balaban J connectivity index is 2.81. The number of pyridine rings is 1. The fraction of sp³-hybridized carbons (Fsp3) is 0.100. The van der Waals surface area contributed by atoms with Gasteiger partial charge in [0.15, 0.2) is 0 Å². The molecule has 0 spiro atoms. The van der Waals surface area contributed by atoms with E-state index in [4.69, 9.17) is 23.2 Å². The molecule has 13 heavy (non-hydrogen) atoms. The van der Waals surface area contributed by atoms with Crippen molar-refractivity contribution in [2.24, 2.45) is 0 Å². The molecule has 66 valence electrons. The first kappa shape index (κ1) is 8.79. The SMILES string of the molecule is Cc1nc2cc(Cl)ccc2cc1Cl. The highest BCUT2D eigenvalue weighted by Gasteiger charge is 2.00. The molecule has 2 aromatic rings. The lowest BCUT2D eigenvalue weighted by Gasteiger charge is -2.01. The van der Waals surface area contributed by atoms with Gasteiger partial charge < -0.3 is 0 Å². The number of fused-ring (bicyclic) bond motifs is 1. The molecule has 0 unspecified atom stereocenters. The van der Waals surface area contributed by atoms with Gasteiger partial charge in [0.1, 0.15) is 0 Å². The number of hydrogen-bond donors (Lipinski definition) is 0. The summed E-state index contributed by atoms with van der Waals surface area (Å²) in [5.74, 6) is 0. The fourth-order valence-corrected chi connectivity index (χ4v) is 1.54. The second-order valence-corrected chi connectivity index (χ2v) is 3.74. The van der Waals surface area contributed by atoms with Crippen LogP contribution in [-0.4, -0.2) is 4.98 Å². The minimum absolute atomic E-state index is 0.690. The molecule has 0 N–H and O–H groups in total. The fourth-order valence-electron chi connectivity index (χ4n) is 1.21. The molecule has 0 saturated carbocycles. The van der Waals surface area contributed by atoms with Gasteiger partial charge in [-0.15, -0.1) is 0 Å². The molecular formula is C10H7Cl2N. The van der Waals surface area contributed by atoms with Crippen molar-refractivity contribution in [1.82, 2.24) is 4.98 Å². The van der Waals surface area contributed by atoms with Crippen LogP contribution in [-0.2, 0) is 0 Å². The van der Waals surface area contributed by atoms with Crippen molar-refractivity contribution in [2.45, 2.75) is 6.92 Å². The van der Waals surface area contributed by atoms with E-state index in [9.17, 15) is 0 Å². The van der Waals surface area contributed by atoms with Gasteiger partial charge in [0, 0.05) is 10.4 Å². The smallest absolute Gasteiger partial charge is 0.0721 e. The molecule has 1 aromatic carbocycles. The largest absolute Gasteiger partial charge is 0.252 e. The van der Waals surface area contributed by atoms with Crippen molar-refractivity contribution in [1.29, 1.82) is 0 Å². The third-order valence-corrected chi connectivity index (χ3v) is 2.53. The van der Waals surface area contributed by atoms with Gasteiger partial charge in [0.05, 0.1) is 16.2 Å². The van der Waals surface area contributed by atoms with Crippen LogP contribution in [0, 0.1) is 6.92 Å². The highest BCUT2D eigenvalue weighted by Crippen LogP contribution is 2.22. The van der Waals surface area contributed by atoms with Crippen LogP contribution in [0.25, 0.3) is 10.9 Å². The molecule has 0 amide bonds. The Morgan fingerprint density at radius 2 is 1.92 bits per heavy atom. The molecule has 1 nitrogen and oxygen atoms in total. The third kappa shape index (κ3) is 1.62. The number of aryl methyl sites for hydroxylation is 1. The minimum atomic E-state index is 0.690. The summed E-state index contributed by atoms with van der Waals surface area (Å²) in [6, 6.07) is 7.48. The van der Waals surface area contributed by atoms with E-state index < -0.39 is 0 Å². The zero-order chi connectivity index (χ0) is 9.42. The summed E-state index contributed by atoms with van der Waals surface area (Å²) in [5, 5.41) is 2.40. The summed E-state index contributed by atoms with van der Waals surface area (Å²) in [5.41, 5.74) is 1.71. The molecule has 0 saturated heterocycles. The molecule has 0 aliphatic carbocycles. The van der Waals surface area contributed by atoms with Gasteiger partial charge in [-0.05, 0) is 25.1 Å². The highest BCUT2D eigenvalue weighted by atomic mass is 35.5. The molecule has 0 bridgehead atoms. The number of hydrogen-bond acceptors (Lipinski definition) is 1. The van der Waals surface area contributed by atoms with E-state index in [-0.39, 0.29) is 0 Å². The van der Waals surface area contributed by atoms with Crippen molar-refractivity contribution in [2.75, 3.05) is 0 Å². The standard InChI is InChI=1S/C10H7Cl2N/c1-6-9(12)4-7-2-3-8(11)5-10(7)13-6/h2-5H,1H3. The first-order valence-electron chi connectivity index (χ1n) is 3.89. The molecule has 0 aliphatic heterocycles. The Morgan fingerprint density at radius 1 is 1.15 bits per heavy atom. The maximum absolute atomic E-state index is 5.93. The molecule has 1 heterocycles. The van der Waals surface area contributed by atoms with Crippen LogP contribution in [0.4, 0.5) is 0 Å². The van der Waals surface area contributed by atoms with Gasteiger partial charge in [0.2, 0.25) is 0 Å². The van der Waals surface area contributed by atoms with Crippen LogP contribution in [0.3, 0.4) is 0 Å². The average molecular weight is 212 g/mol. The first-order valence-corrected chi connectivity index (χ1v) is 4.65. The van der Waals surface area contributed by atoms with Crippen LogP contribution in [0.15, 0.2) is 24.3 Å². The van der Waals surface area contributed by atoms with Gasteiger partial charge in [-0.2, -0.15) is 0 Å². The van der Waals surface area contributed by atoms with E-state index in [1.165, 1.54) is 0 Å². The predicted molar refractivity (Wildman–Crippen MR) is 56.5 cm³/mol. The first-order chi connectivity index (χ1) is 6.16. The molecule has 0 radical (unpaired) electrons. The lowest BCUT2D eigenvalue weighted by Crippen LogP contribution is -1.84. The highest BCUT2D eigenvalue weighted by molar-refractivity contribution is 6.32. The topological polar surface area (TPSA) is 12.9 Å². The van der Waals surface area contributed by atoms with E-state index in [0.717, 1.165) is 16.6 Å². The van der Waals surface area contributed by atoms with Gasteiger partial charge in [-0.3, -0.25) is 4.98 Å². The Bertz CT molecular complexity index is 466. The van der Waals surface area contributed by atoms with Crippen molar-refractivity contribution < 1.29 is 0 Å². The monoisotopic (exact) mass is 211 g/mol. The Kier molecular flexibility index (Phi) is 2.14. The summed E-state index contributed by atoms with van der Waals surface area (Å²) in [6.45, 7) is 1.88. The summed E-state index contributed by atoms with van der Waals surface area (Å²) >= 11 is 11.8. The number of nitrogens with zero attached hydrogens (tertiary/aromatic N) is 1. The van der Waals surface area contributed by atoms with E-state index in [1.807, 2.05) is 31.2 Å². The lowest BCUT2D eigenvalue weighted by atomic mass is 10.2. The normalized spacial score (nSPS) is 10.7. The van der Waals surface area contributed by atoms with Crippen LogP contribution < -0.4 is 0 Å². The van der Waals surface area contributed by atoms with Crippen LogP contribution >= 0.6 is 23.2 Å². The average Bonchev–Trinajstić information content (AvgIpc) is 2.08. The minimum Gasteiger partial charge on any atom is -0.252 e. The van der Waals surface area contributed by atoms with Gasteiger partial charge in [-0.1, -0.05) is 29.3 Å².